The van der Waals surface area contributed by atoms with E-state index in [2.05, 4.69) is 14.9 Å². The minimum absolute atomic E-state index is 0.0423. The number of benzene rings is 3. The molecule has 0 fully saturated rings. The highest BCUT2D eigenvalue weighted by Crippen LogP contribution is 2.33. The van der Waals surface area contributed by atoms with Gasteiger partial charge in [-0.05, 0) is 42.8 Å². The highest BCUT2D eigenvalue weighted by molar-refractivity contribution is 5.92. The first kappa shape index (κ1) is 18.8. The lowest BCUT2D eigenvalue weighted by molar-refractivity contribution is 1.09. The first-order valence-electron chi connectivity index (χ1n) is 10.2. The SMILES string of the molecule is Cc1cc2c(cn1)c(=O)c(-c1ccccc1)c(Nc1ccccc1)n2-c1ccccc1. The van der Waals surface area contributed by atoms with Crippen LogP contribution in [-0.4, -0.2) is 9.55 Å². The molecule has 0 radical (unpaired) electrons. The molecule has 31 heavy (non-hydrogen) atoms. The highest BCUT2D eigenvalue weighted by atomic mass is 16.1. The maximum Gasteiger partial charge on any atom is 0.200 e. The minimum Gasteiger partial charge on any atom is -0.341 e. The van der Waals surface area contributed by atoms with E-state index in [4.69, 9.17) is 0 Å². The van der Waals surface area contributed by atoms with Gasteiger partial charge in [-0.3, -0.25) is 14.3 Å². The zero-order valence-corrected chi connectivity index (χ0v) is 17.1. The highest BCUT2D eigenvalue weighted by Gasteiger charge is 2.20. The van der Waals surface area contributed by atoms with Crippen LogP contribution in [-0.2, 0) is 0 Å². The van der Waals surface area contributed by atoms with Gasteiger partial charge in [0.25, 0.3) is 0 Å². The van der Waals surface area contributed by atoms with Crippen LogP contribution >= 0.6 is 0 Å². The Bertz CT molecular complexity index is 1410. The summed E-state index contributed by atoms with van der Waals surface area (Å²) in [5, 5.41) is 4.12. The lowest BCUT2D eigenvalue weighted by atomic mass is 10.0. The maximum absolute atomic E-state index is 13.7. The number of hydrogen-bond acceptors (Lipinski definition) is 3. The van der Waals surface area contributed by atoms with Crippen molar-refractivity contribution < 1.29 is 0 Å². The van der Waals surface area contributed by atoms with Gasteiger partial charge in [0, 0.05) is 23.3 Å². The van der Waals surface area contributed by atoms with E-state index in [9.17, 15) is 4.79 Å². The van der Waals surface area contributed by atoms with Gasteiger partial charge in [-0.1, -0.05) is 66.7 Å². The number of fused-ring (bicyclic) bond motifs is 1. The Labute approximate surface area is 180 Å². The number of para-hydroxylation sites is 2. The summed E-state index contributed by atoms with van der Waals surface area (Å²) < 4.78 is 2.11. The number of aryl methyl sites for hydroxylation is 1. The quantitative estimate of drug-likeness (QED) is 0.394. The molecule has 0 unspecified atom stereocenters. The molecule has 0 amide bonds. The average Bonchev–Trinajstić information content (AvgIpc) is 2.81. The molecule has 0 aliphatic rings. The van der Waals surface area contributed by atoms with Crippen molar-refractivity contribution in [2.45, 2.75) is 6.92 Å². The molecule has 2 heterocycles. The molecule has 2 aromatic heterocycles. The third kappa shape index (κ3) is 3.49. The van der Waals surface area contributed by atoms with Crippen molar-refractivity contribution in [3.63, 3.8) is 0 Å². The van der Waals surface area contributed by atoms with Gasteiger partial charge in [0.05, 0.1) is 16.5 Å². The summed E-state index contributed by atoms with van der Waals surface area (Å²) >= 11 is 0. The van der Waals surface area contributed by atoms with Crippen LogP contribution in [0.4, 0.5) is 11.5 Å². The van der Waals surface area contributed by atoms with Gasteiger partial charge in [-0.15, -0.1) is 0 Å². The molecule has 0 bridgehead atoms. The fourth-order valence-corrected chi connectivity index (χ4v) is 3.87. The van der Waals surface area contributed by atoms with Crippen molar-refractivity contribution in [2.75, 3.05) is 5.32 Å². The predicted octanol–water partition coefficient (Wildman–Crippen LogP) is 6.10. The number of nitrogens with zero attached hydrogens (tertiary/aromatic N) is 2. The summed E-state index contributed by atoms with van der Waals surface area (Å²) in [6, 6.07) is 31.8. The summed E-state index contributed by atoms with van der Waals surface area (Å²) in [6.07, 6.45) is 1.69. The minimum atomic E-state index is -0.0423. The van der Waals surface area contributed by atoms with Gasteiger partial charge in [0.2, 0.25) is 5.43 Å². The van der Waals surface area contributed by atoms with E-state index in [1.807, 2.05) is 104 Å². The monoisotopic (exact) mass is 403 g/mol. The molecule has 0 aliphatic carbocycles. The molecule has 5 rings (SSSR count). The van der Waals surface area contributed by atoms with Crippen LogP contribution in [0.2, 0.25) is 0 Å². The Kier molecular flexibility index (Phi) is 4.81. The second kappa shape index (κ2) is 7.92. The summed E-state index contributed by atoms with van der Waals surface area (Å²) in [6.45, 7) is 1.94. The lowest BCUT2D eigenvalue weighted by Crippen LogP contribution is -2.17. The molecule has 5 aromatic rings. The van der Waals surface area contributed by atoms with Gasteiger partial charge in [0.1, 0.15) is 5.82 Å². The largest absolute Gasteiger partial charge is 0.341 e. The van der Waals surface area contributed by atoms with Crippen LogP contribution in [0.25, 0.3) is 27.7 Å². The fourth-order valence-electron chi connectivity index (χ4n) is 3.87. The molecule has 1 N–H and O–H groups in total. The van der Waals surface area contributed by atoms with Crippen LogP contribution in [0, 0.1) is 6.92 Å². The molecule has 4 nitrogen and oxygen atoms in total. The number of pyridine rings is 2. The Balaban J connectivity index is 1.95. The Morgan fingerprint density at radius 3 is 2.10 bits per heavy atom. The van der Waals surface area contributed by atoms with E-state index in [1.54, 1.807) is 6.20 Å². The summed E-state index contributed by atoms with van der Waals surface area (Å²) in [5.41, 5.74) is 4.99. The van der Waals surface area contributed by atoms with E-state index in [0.29, 0.717) is 10.9 Å². The van der Waals surface area contributed by atoms with E-state index in [-0.39, 0.29) is 5.43 Å². The number of aromatic nitrogens is 2. The average molecular weight is 403 g/mol. The van der Waals surface area contributed by atoms with E-state index < -0.39 is 0 Å². The maximum atomic E-state index is 13.7. The zero-order chi connectivity index (χ0) is 21.2. The molecular formula is C27H21N3O. The van der Waals surface area contributed by atoms with Crippen LogP contribution in [0.15, 0.2) is 108 Å². The summed E-state index contributed by atoms with van der Waals surface area (Å²) in [7, 11) is 0. The van der Waals surface area contributed by atoms with Crippen molar-refractivity contribution in [3.8, 4) is 16.8 Å². The van der Waals surface area contributed by atoms with Gasteiger partial charge < -0.3 is 5.32 Å². The van der Waals surface area contributed by atoms with Crippen LogP contribution in [0.3, 0.4) is 0 Å². The van der Waals surface area contributed by atoms with Gasteiger partial charge >= 0.3 is 0 Å². The third-order valence-electron chi connectivity index (χ3n) is 5.31. The summed E-state index contributed by atoms with van der Waals surface area (Å²) in [5.74, 6) is 0.728. The molecule has 0 spiro atoms. The van der Waals surface area contributed by atoms with Crippen molar-refractivity contribution in [1.29, 1.82) is 0 Å². The summed E-state index contributed by atoms with van der Waals surface area (Å²) in [4.78, 5) is 18.2. The third-order valence-corrected chi connectivity index (χ3v) is 5.31. The molecule has 4 heteroatoms. The molecule has 150 valence electrons. The zero-order valence-electron chi connectivity index (χ0n) is 17.1. The van der Waals surface area contributed by atoms with Crippen LogP contribution < -0.4 is 10.7 Å². The van der Waals surface area contributed by atoms with Gasteiger partial charge in [-0.2, -0.15) is 0 Å². The molecule has 0 saturated heterocycles. The van der Waals surface area contributed by atoms with E-state index in [1.165, 1.54) is 0 Å². The molecule has 3 aromatic carbocycles. The second-order valence-electron chi connectivity index (χ2n) is 7.42. The van der Waals surface area contributed by atoms with Gasteiger partial charge in [-0.25, -0.2) is 0 Å². The number of nitrogens with one attached hydrogen (secondary N) is 1. The van der Waals surface area contributed by atoms with Crippen LogP contribution in [0.5, 0.6) is 0 Å². The fraction of sp³-hybridized carbons (Fsp3) is 0.0370. The molecule has 0 atom stereocenters. The first-order valence-corrected chi connectivity index (χ1v) is 10.2. The normalized spacial score (nSPS) is 10.9. The van der Waals surface area contributed by atoms with Crippen molar-refractivity contribution in [3.05, 3.63) is 119 Å². The number of rotatable bonds is 4. The van der Waals surface area contributed by atoms with Crippen molar-refractivity contribution in [2.24, 2.45) is 0 Å². The lowest BCUT2D eigenvalue weighted by Gasteiger charge is -2.22. The second-order valence-corrected chi connectivity index (χ2v) is 7.42. The molecular weight excluding hydrogens is 382 g/mol. The molecule has 0 aliphatic heterocycles. The first-order chi connectivity index (χ1) is 15.2. The van der Waals surface area contributed by atoms with Gasteiger partial charge in [0.15, 0.2) is 0 Å². The van der Waals surface area contributed by atoms with Crippen molar-refractivity contribution >= 4 is 22.4 Å². The number of anilines is 2. The van der Waals surface area contributed by atoms with E-state index in [0.717, 1.165) is 34.0 Å². The topological polar surface area (TPSA) is 46.9 Å². The smallest absolute Gasteiger partial charge is 0.200 e. The standard InChI is InChI=1S/C27H21N3O/c1-19-17-24-23(18-28-19)26(31)25(20-11-5-2-6-12-20)27(29-21-13-7-3-8-14-21)30(24)22-15-9-4-10-16-22/h2-18,29H,1H3. The number of hydrogen-bond donors (Lipinski definition) is 1. The Hall–Kier alpha value is -4.18. The molecule has 0 saturated carbocycles. The predicted molar refractivity (Wildman–Crippen MR) is 127 cm³/mol. The van der Waals surface area contributed by atoms with Crippen molar-refractivity contribution in [1.82, 2.24) is 9.55 Å². The van der Waals surface area contributed by atoms with E-state index >= 15 is 0 Å². The van der Waals surface area contributed by atoms with Crippen LogP contribution in [0.1, 0.15) is 5.69 Å². The Morgan fingerprint density at radius 2 is 1.42 bits per heavy atom. The Morgan fingerprint density at radius 1 is 0.806 bits per heavy atom.